The summed E-state index contributed by atoms with van der Waals surface area (Å²) in [5, 5.41) is 10.3. The van der Waals surface area contributed by atoms with Crippen LogP contribution in [0, 0.1) is 12.8 Å². The number of hydrogen-bond donors (Lipinski definition) is 0. The van der Waals surface area contributed by atoms with Gasteiger partial charge in [-0.3, -0.25) is 0 Å². The molecule has 0 amide bonds. The zero-order valence-corrected chi connectivity index (χ0v) is 9.99. The molecule has 1 aromatic rings. The summed E-state index contributed by atoms with van der Waals surface area (Å²) in [5.74, 6) is 0.840. The van der Waals surface area contributed by atoms with Gasteiger partial charge < -0.3 is 0 Å². The van der Waals surface area contributed by atoms with E-state index < -0.39 is 0 Å². The SMILES string of the molecule is Cc1nnc(C(C(C)C)C(C)Cl)s1. The molecule has 2 atom stereocenters. The van der Waals surface area contributed by atoms with Crippen LogP contribution in [-0.2, 0) is 0 Å². The van der Waals surface area contributed by atoms with Gasteiger partial charge in [-0.25, -0.2) is 0 Å². The fraction of sp³-hybridized carbons (Fsp3) is 0.778. The van der Waals surface area contributed by atoms with E-state index in [9.17, 15) is 0 Å². The van der Waals surface area contributed by atoms with Crippen LogP contribution in [0.5, 0.6) is 0 Å². The zero-order valence-electron chi connectivity index (χ0n) is 8.41. The Morgan fingerprint density at radius 3 is 2.15 bits per heavy atom. The lowest BCUT2D eigenvalue weighted by Crippen LogP contribution is -2.15. The molecule has 1 heterocycles. The van der Waals surface area contributed by atoms with E-state index >= 15 is 0 Å². The van der Waals surface area contributed by atoms with Crippen LogP contribution >= 0.6 is 22.9 Å². The highest BCUT2D eigenvalue weighted by atomic mass is 35.5. The topological polar surface area (TPSA) is 25.8 Å². The Bertz CT molecular complexity index is 262. The van der Waals surface area contributed by atoms with Gasteiger partial charge in [0.15, 0.2) is 0 Å². The fourth-order valence-corrected chi connectivity index (χ4v) is 3.02. The molecule has 0 aliphatic heterocycles. The van der Waals surface area contributed by atoms with Gasteiger partial charge >= 0.3 is 0 Å². The van der Waals surface area contributed by atoms with Crippen LogP contribution in [0.15, 0.2) is 0 Å². The molecule has 0 aliphatic rings. The fourth-order valence-electron chi connectivity index (χ4n) is 1.46. The van der Waals surface area contributed by atoms with Crippen molar-refractivity contribution in [2.45, 2.75) is 39.0 Å². The molecule has 1 aromatic heterocycles. The first-order valence-electron chi connectivity index (χ1n) is 4.46. The first kappa shape index (κ1) is 10.9. The first-order chi connectivity index (χ1) is 6.02. The summed E-state index contributed by atoms with van der Waals surface area (Å²) in [6, 6.07) is 0. The highest BCUT2D eigenvalue weighted by Gasteiger charge is 2.24. The number of aryl methyl sites for hydroxylation is 1. The molecule has 0 spiro atoms. The van der Waals surface area contributed by atoms with Crippen LogP contribution in [0.3, 0.4) is 0 Å². The molecule has 0 aromatic carbocycles. The standard InChI is InChI=1S/C9H15ClN2S/c1-5(2)8(6(3)10)9-12-11-7(4)13-9/h5-6,8H,1-4H3. The second kappa shape index (κ2) is 4.38. The second-order valence-electron chi connectivity index (χ2n) is 3.61. The highest BCUT2D eigenvalue weighted by Crippen LogP contribution is 2.32. The van der Waals surface area contributed by atoms with Crippen molar-refractivity contribution in [1.29, 1.82) is 0 Å². The maximum Gasteiger partial charge on any atom is 0.122 e. The van der Waals surface area contributed by atoms with E-state index in [1.807, 2.05) is 13.8 Å². The van der Waals surface area contributed by atoms with E-state index in [1.165, 1.54) is 0 Å². The minimum atomic E-state index is 0.118. The van der Waals surface area contributed by atoms with Crippen molar-refractivity contribution in [3.8, 4) is 0 Å². The van der Waals surface area contributed by atoms with Crippen molar-refractivity contribution >= 4 is 22.9 Å². The van der Waals surface area contributed by atoms with Gasteiger partial charge in [0.25, 0.3) is 0 Å². The summed E-state index contributed by atoms with van der Waals surface area (Å²) in [6.07, 6.45) is 0. The smallest absolute Gasteiger partial charge is 0.122 e. The number of halogens is 1. The largest absolute Gasteiger partial charge is 0.144 e. The minimum absolute atomic E-state index is 0.118. The van der Waals surface area contributed by atoms with Gasteiger partial charge in [-0.05, 0) is 19.8 Å². The summed E-state index contributed by atoms with van der Waals surface area (Å²) in [5.41, 5.74) is 0. The van der Waals surface area contributed by atoms with Crippen LogP contribution in [0.4, 0.5) is 0 Å². The molecule has 0 fully saturated rings. The lowest BCUT2D eigenvalue weighted by Gasteiger charge is -2.19. The van der Waals surface area contributed by atoms with Crippen LogP contribution < -0.4 is 0 Å². The minimum Gasteiger partial charge on any atom is -0.144 e. The van der Waals surface area contributed by atoms with Gasteiger partial charge in [-0.1, -0.05) is 13.8 Å². The van der Waals surface area contributed by atoms with Gasteiger partial charge in [0.2, 0.25) is 0 Å². The average molecular weight is 219 g/mol. The number of aromatic nitrogens is 2. The molecule has 0 bridgehead atoms. The molecule has 2 nitrogen and oxygen atoms in total. The van der Waals surface area contributed by atoms with Crippen LogP contribution in [-0.4, -0.2) is 15.6 Å². The number of hydrogen-bond acceptors (Lipinski definition) is 3. The molecule has 13 heavy (non-hydrogen) atoms. The maximum atomic E-state index is 6.12. The predicted molar refractivity (Wildman–Crippen MR) is 57.5 cm³/mol. The van der Waals surface area contributed by atoms with Gasteiger partial charge in [0.05, 0.1) is 0 Å². The van der Waals surface area contributed by atoms with Crippen molar-refractivity contribution in [2.75, 3.05) is 0 Å². The molecule has 0 saturated carbocycles. The van der Waals surface area contributed by atoms with E-state index in [0.717, 1.165) is 10.0 Å². The van der Waals surface area contributed by atoms with Gasteiger partial charge in [-0.2, -0.15) is 0 Å². The third kappa shape index (κ3) is 2.64. The second-order valence-corrected chi connectivity index (χ2v) is 5.51. The van der Waals surface area contributed by atoms with E-state index in [4.69, 9.17) is 11.6 Å². The molecule has 0 saturated heterocycles. The molecule has 2 unspecified atom stereocenters. The maximum absolute atomic E-state index is 6.12. The number of rotatable bonds is 3. The van der Waals surface area contributed by atoms with Crippen LogP contribution in [0.1, 0.15) is 36.7 Å². The van der Waals surface area contributed by atoms with Gasteiger partial charge in [0, 0.05) is 11.3 Å². The molecule has 0 radical (unpaired) electrons. The lowest BCUT2D eigenvalue weighted by atomic mass is 9.94. The Hall–Kier alpha value is -0.150. The Labute approximate surface area is 88.3 Å². The third-order valence-corrected chi connectivity index (χ3v) is 3.25. The van der Waals surface area contributed by atoms with Crippen LogP contribution in [0.2, 0.25) is 0 Å². The Kier molecular flexibility index (Phi) is 3.68. The Morgan fingerprint density at radius 2 is 1.85 bits per heavy atom. The third-order valence-electron chi connectivity index (χ3n) is 2.04. The van der Waals surface area contributed by atoms with E-state index in [2.05, 4.69) is 24.0 Å². The molecule has 0 N–H and O–H groups in total. The van der Waals surface area contributed by atoms with E-state index in [0.29, 0.717) is 11.8 Å². The lowest BCUT2D eigenvalue weighted by molar-refractivity contribution is 0.485. The summed E-state index contributed by atoms with van der Waals surface area (Å²) < 4.78 is 0. The van der Waals surface area contributed by atoms with Crippen molar-refractivity contribution in [1.82, 2.24) is 10.2 Å². The molecule has 74 valence electrons. The van der Waals surface area contributed by atoms with Crippen molar-refractivity contribution in [3.63, 3.8) is 0 Å². The summed E-state index contributed by atoms with van der Waals surface area (Å²) in [4.78, 5) is 0. The van der Waals surface area contributed by atoms with Gasteiger partial charge in [-0.15, -0.1) is 33.1 Å². The van der Waals surface area contributed by atoms with Crippen molar-refractivity contribution in [2.24, 2.45) is 5.92 Å². The summed E-state index contributed by atoms with van der Waals surface area (Å²) in [7, 11) is 0. The quantitative estimate of drug-likeness (QED) is 0.729. The summed E-state index contributed by atoms with van der Waals surface area (Å²) >= 11 is 7.77. The molecule has 0 aliphatic carbocycles. The first-order valence-corrected chi connectivity index (χ1v) is 5.71. The number of nitrogens with zero attached hydrogens (tertiary/aromatic N) is 2. The zero-order chi connectivity index (χ0) is 10.0. The molecule has 1 rings (SSSR count). The predicted octanol–water partition coefficient (Wildman–Crippen LogP) is 3.21. The van der Waals surface area contributed by atoms with Crippen LogP contribution in [0.25, 0.3) is 0 Å². The Morgan fingerprint density at radius 1 is 1.23 bits per heavy atom. The normalized spacial score (nSPS) is 16.2. The molecular formula is C9H15ClN2S. The summed E-state index contributed by atoms with van der Waals surface area (Å²) in [6.45, 7) is 8.32. The average Bonchev–Trinajstić information content (AvgIpc) is 2.34. The van der Waals surface area contributed by atoms with Gasteiger partial charge in [0.1, 0.15) is 10.0 Å². The van der Waals surface area contributed by atoms with Crippen molar-refractivity contribution in [3.05, 3.63) is 10.0 Å². The monoisotopic (exact) mass is 218 g/mol. The molecular weight excluding hydrogens is 204 g/mol. The molecule has 4 heteroatoms. The number of alkyl halides is 1. The highest BCUT2D eigenvalue weighted by molar-refractivity contribution is 7.11. The van der Waals surface area contributed by atoms with E-state index in [1.54, 1.807) is 11.3 Å². The van der Waals surface area contributed by atoms with Crippen molar-refractivity contribution < 1.29 is 0 Å². The van der Waals surface area contributed by atoms with E-state index in [-0.39, 0.29) is 5.38 Å². The Balaban J connectivity index is 2.88.